The lowest BCUT2D eigenvalue weighted by atomic mass is 10.1. The summed E-state index contributed by atoms with van der Waals surface area (Å²) in [6.07, 6.45) is -0.242. The van der Waals surface area contributed by atoms with Gasteiger partial charge >= 0.3 is 11.9 Å². The van der Waals surface area contributed by atoms with Gasteiger partial charge in [-0.3, -0.25) is 14.4 Å². The number of amides is 2. The van der Waals surface area contributed by atoms with Gasteiger partial charge in [0.05, 0.1) is 17.6 Å². The van der Waals surface area contributed by atoms with Gasteiger partial charge in [0, 0.05) is 28.8 Å². The Kier molecular flexibility index (Phi) is 7.86. The Balaban J connectivity index is 1.53. The second kappa shape index (κ2) is 10.6. The number of nitrogens with zero attached hydrogens (tertiary/aromatic N) is 1. The van der Waals surface area contributed by atoms with Gasteiger partial charge < -0.3 is 19.7 Å². The standard InChI is InChI=1S/C24H25BrN2O6/c1-14(2)33-24(31)16-4-7-19(8-5-16)27-12-17(11-22(27)29)23(30)32-13-21(28)26-20-9-6-18(25)10-15(20)3/h4-10,14,17H,11-13H2,1-3H3,(H,26,28)/t17-/m1/s1. The molecule has 1 aliphatic heterocycles. The van der Waals surface area contributed by atoms with Crippen molar-refractivity contribution in [1.82, 2.24) is 0 Å². The van der Waals surface area contributed by atoms with E-state index in [1.54, 1.807) is 50.2 Å². The smallest absolute Gasteiger partial charge is 0.338 e. The molecule has 3 rings (SSSR count). The summed E-state index contributed by atoms with van der Waals surface area (Å²) < 4.78 is 11.2. The topological polar surface area (TPSA) is 102 Å². The summed E-state index contributed by atoms with van der Waals surface area (Å²) in [5, 5.41) is 2.70. The number of esters is 2. The summed E-state index contributed by atoms with van der Waals surface area (Å²) in [5.74, 6) is -2.42. The number of hydrogen-bond acceptors (Lipinski definition) is 6. The first-order valence-electron chi connectivity index (χ1n) is 10.5. The van der Waals surface area contributed by atoms with Crippen molar-refractivity contribution in [3.05, 3.63) is 58.1 Å². The summed E-state index contributed by atoms with van der Waals surface area (Å²) in [5.41, 5.74) is 2.44. The normalized spacial score (nSPS) is 15.5. The van der Waals surface area contributed by atoms with E-state index in [4.69, 9.17) is 9.47 Å². The zero-order valence-electron chi connectivity index (χ0n) is 18.6. The van der Waals surface area contributed by atoms with Gasteiger partial charge in [0.2, 0.25) is 5.91 Å². The van der Waals surface area contributed by atoms with Gasteiger partial charge in [-0.05, 0) is 68.8 Å². The first kappa shape index (κ1) is 24.4. The molecule has 0 aromatic heterocycles. The maximum Gasteiger partial charge on any atom is 0.338 e. The van der Waals surface area contributed by atoms with Crippen LogP contribution >= 0.6 is 15.9 Å². The fraction of sp³-hybridized carbons (Fsp3) is 0.333. The fourth-order valence-corrected chi connectivity index (χ4v) is 3.86. The van der Waals surface area contributed by atoms with Gasteiger partial charge in [-0.2, -0.15) is 0 Å². The fourth-order valence-electron chi connectivity index (χ4n) is 3.38. The highest BCUT2D eigenvalue weighted by Crippen LogP contribution is 2.26. The number of ether oxygens (including phenoxy) is 2. The molecule has 33 heavy (non-hydrogen) atoms. The molecule has 174 valence electrons. The number of nitrogens with one attached hydrogen (secondary N) is 1. The van der Waals surface area contributed by atoms with E-state index in [-0.39, 0.29) is 25.0 Å². The maximum atomic E-state index is 12.4. The van der Waals surface area contributed by atoms with E-state index in [1.165, 1.54) is 4.90 Å². The lowest BCUT2D eigenvalue weighted by Crippen LogP contribution is -2.28. The van der Waals surface area contributed by atoms with E-state index in [2.05, 4.69) is 21.2 Å². The molecular weight excluding hydrogens is 492 g/mol. The highest BCUT2D eigenvalue weighted by Gasteiger charge is 2.36. The Morgan fingerprint density at radius 3 is 2.48 bits per heavy atom. The average molecular weight is 517 g/mol. The maximum absolute atomic E-state index is 12.4. The molecule has 0 saturated carbocycles. The molecular formula is C24H25BrN2O6. The van der Waals surface area contributed by atoms with E-state index < -0.39 is 30.4 Å². The van der Waals surface area contributed by atoms with Gasteiger partial charge in [-0.1, -0.05) is 15.9 Å². The quantitative estimate of drug-likeness (QED) is 0.560. The van der Waals surface area contributed by atoms with Gasteiger partial charge in [0.15, 0.2) is 6.61 Å². The van der Waals surface area contributed by atoms with E-state index in [9.17, 15) is 19.2 Å². The van der Waals surface area contributed by atoms with Gasteiger partial charge in [0.1, 0.15) is 0 Å². The third-order valence-electron chi connectivity index (χ3n) is 5.02. The second-order valence-corrected chi connectivity index (χ2v) is 8.94. The van der Waals surface area contributed by atoms with E-state index in [0.717, 1.165) is 10.0 Å². The Hall–Kier alpha value is -3.20. The molecule has 1 N–H and O–H groups in total. The summed E-state index contributed by atoms with van der Waals surface area (Å²) in [6.45, 7) is 5.08. The minimum atomic E-state index is -0.676. The molecule has 0 aliphatic carbocycles. The van der Waals surface area contributed by atoms with Crippen LogP contribution in [-0.2, 0) is 23.9 Å². The first-order valence-corrected chi connectivity index (χ1v) is 11.3. The van der Waals surface area contributed by atoms with Crippen LogP contribution in [-0.4, -0.2) is 43.0 Å². The van der Waals surface area contributed by atoms with Crippen molar-refractivity contribution in [2.75, 3.05) is 23.4 Å². The molecule has 2 amide bonds. The molecule has 8 nitrogen and oxygen atoms in total. The predicted octanol–water partition coefficient (Wildman–Crippen LogP) is 3.86. The molecule has 1 heterocycles. The zero-order valence-corrected chi connectivity index (χ0v) is 20.2. The first-order chi connectivity index (χ1) is 15.6. The minimum absolute atomic E-state index is 0.0105. The van der Waals surface area contributed by atoms with Crippen LogP contribution in [0.15, 0.2) is 46.9 Å². The second-order valence-electron chi connectivity index (χ2n) is 8.02. The van der Waals surface area contributed by atoms with E-state index in [0.29, 0.717) is 16.9 Å². The van der Waals surface area contributed by atoms with Crippen LogP contribution in [0.1, 0.15) is 36.2 Å². The van der Waals surface area contributed by atoms with Crippen LogP contribution in [0.25, 0.3) is 0 Å². The van der Waals surface area contributed by atoms with Crippen LogP contribution in [0.2, 0.25) is 0 Å². The Bertz CT molecular complexity index is 1070. The molecule has 2 aromatic carbocycles. The lowest BCUT2D eigenvalue weighted by molar-refractivity contribution is -0.151. The number of aryl methyl sites for hydroxylation is 1. The lowest BCUT2D eigenvalue weighted by Gasteiger charge is -2.17. The van der Waals surface area contributed by atoms with E-state index in [1.807, 2.05) is 13.0 Å². The van der Waals surface area contributed by atoms with Crippen molar-refractivity contribution >= 4 is 51.1 Å². The van der Waals surface area contributed by atoms with Crippen LogP contribution in [0, 0.1) is 12.8 Å². The van der Waals surface area contributed by atoms with Gasteiger partial charge in [-0.15, -0.1) is 0 Å². The highest BCUT2D eigenvalue weighted by atomic mass is 79.9. The van der Waals surface area contributed by atoms with Crippen molar-refractivity contribution in [3.63, 3.8) is 0 Å². The van der Waals surface area contributed by atoms with Crippen molar-refractivity contribution in [2.45, 2.75) is 33.3 Å². The number of benzene rings is 2. The Morgan fingerprint density at radius 1 is 1.15 bits per heavy atom. The molecule has 0 radical (unpaired) electrons. The van der Waals surface area contributed by atoms with Crippen LogP contribution in [0.4, 0.5) is 11.4 Å². The average Bonchev–Trinajstić information content (AvgIpc) is 3.15. The van der Waals surface area contributed by atoms with E-state index >= 15 is 0 Å². The Labute approximate surface area is 200 Å². The van der Waals surface area contributed by atoms with Gasteiger partial charge in [0.25, 0.3) is 5.91 Å². The number of rotatable bonds is 7. The van der Waals surface area contributed by atoms with Crippen molar-refractivity contribution in [1.29, 1.82) is 0 Å². The van der Waals surface area contributed by atoms with Crippen molar-refractivity contribution in [2.24, 2.45) is 5.92 Å². The summed E-state index contributed by atoms with van der Waals surface area (Å²) in [7, 11) is 0. The van der Waals surface area contributed by atoms with Crippen LogP contribution < -0.4 is 10.2 Å². The highest BCUT2D eigenvalue weighted by molar-refractivity contribution is 9.10. The number of carbonyl (C=O) groups excluding carboxylic acids is 4. The largest absolute Gasteiger partial charge is 0.459 e. The minimum Gasteiger partial charge on any atom is -0.459 e. The summed E-state index contributed by atoms with van der Waals surface area (Å²) in [6, 6.07) is 11.8. The third kappa shape index (κ3) is 6.41. The number of halogens is 1. The molecule has 0 unspecified atom stereocenters. The van der Waals surface area contributed by atoms with Crippen molar-refractivity contribution < 1.29 is 28.7 Å². The predicted molar refractivity (Wildman–Crippen MR) is 126 cm³/mol. The number of carbonyl (C=O) groups is 4. The molecule has 1 saturated heterocycles. The van der Waals surface area contributed by atoms with Crippen LogP contribution in [0.5, 0.6) is 0 Å². The molecule has 2 aromatic rings. The molecule has 0 bridgehead atoms. The number of anilines is 2. The molecule has 9 heteroatoms. The molecule has 1 fully saturated rings. The third-order valence-corrected chi connectivity index (χ3v) is 5.52. The summed E-state index contributed by atoms with van der Waals surface area (Å²) >= 11 is 3.36. The number of hydrogen-bond donors (Lipinski definition) is 1. The van der Waals surface area contributed by atoms with Crippen LogP contribution in [0.3, 0.4) is 0 Å². The van der Waals surface area contributed by atoms with Crippen molar-refractivity contribution in [3.8, 4) is 0 Å². The molecule has 1 aliphatic rings. The Morgan fingerprint density at radius 2 is 1.85 bits per heavy atom. The monoisotopic (exact) mass is 516 g/mol. The zero-order chi connectivity index (χ0) is 24.1. The van der Waals surface area contributed by atoms with Gasteiger partial charge in [-0.25, -0.2) is 4.79 Å². The molecule has 0 spiro atoms. The SMILES string of the molecule is Cc1cc(Br)ccc1NC(=O)COC(=O)[C@@H]1CC(=O)N(c2ccc(C(=O)OC(C)C)cc2)C1. The molecule has 1 atom stereocenters. The summed E-state index contributed by atoms with van der Waals surface area (Å²) in [4.78, 5) is 50.5.